The van der Waals surface area contributed by atoms with Crippen LogP contribution in [0, 0.1) is 11.6 Å². The predicted molar refractivity (Wildman–Crippen MR) is 82.3 cm³/mol. The van der Waals surface area contributed by atoms with Crippen LogP contribution in [0.25, 0.3) is 0 Å². The Bertz CT molecular complexity index is 622. The summed E-state index contributed by atoms with van der Waals surface area (Å²) in [7, 11) is 0. The van der Waals surface area contributed by atoms with Crippen molar-refractivity contribution in [2.75, 3.05) is 0 Å². The minimum Gasteiger partial charge on any atom is -0.349 e. The Morgan fingerprint density at radius 3 is 1.86 bits per heavy atom. The van der Waals surface area contributed by atoms with Crippen molar-refractivity contribution in [3.63, 3.8) is 0 Å². The number of carbonyl (C=O) groups excluding carboxylic acids is 1. The molecule has 0 bridgehead atoms. The predicted octanol–water partition coefficient (Wildman–Crippen LogP) is 3.42. The fraction of sp³-hybridized carbons (Fsp3) is 0.167. The second kappa shape index (κ2) is 7.50. The average molecular weight is 301 g/mol. The van der Waals surface area contributed by atoms with E-state index in [2.05, 4.69) is 11.9 Å². The molecule has 2 rings (SSSR count). The highest BCUT2D eigenvalue weighted by atomic mass is 19.1. The molecule has 0 aliphatic rings. The first-order valence-corrected chi connectivity index (χ1v) is 7.00. The molecule has 1 amide bonds. The Morgan fingerprint density at radius 2 is 1.45 bits per heavy atom. The number of carbonyl (C=O) groups is 1. The van der Waals surface area contributed by atoms with Crippen LogP contribution in [0.1, 0.15) is 11.1 Å². The van der Waals surface area contributed by atoms with E-state index in [1.54, 1.807) is 36.4 Å². The zero-order chi connectivity index (χ0) is 15.9. The van der Waals surface area contributed by atoms with E-state index in [0.717, 1.165) is 6.08 Å². The first kappa shape index (κ1) is 15.9. The molecular formula is C18H17F2NO. The lowest BCUT2D eigenvalue weighted by Crippen LogP contribution is -2.37. The third-order valence-corrected chi connectivity index (χ3v) is 3.38. The molecule has 1 N–H and O–H groups in total. The van der Waals surface area contributed by atoms with E-state index in [1.165, 1.54) is 12.1 Å². The van der Waals surface area contributed by atoms with Gasteiger partial charge in [0, 0.05) is 6.04 Å². The summed E-state index contributed by atoms with van der Waals surface area (Å²) in [5, 5.41) is 2.73. The van der Waals surface area contributed by atoms with Gasteiger partial charge in [-0.15, -0.1) is 0 Å². The van der Waals surface area contributed by atoms with Crippen molar-refractivity contribution in [1.29, 1.82) is 0 Å². The van der Waals surface area contributed by atoms with E-state index in [9.17, 15) is 13.6 Å². The summed E-state index contributed by atoms with van der Waals surface area (Å²) >= 11 is 0. The van der Waals surface area contributed by atoms with Crippen LogP contribution in [-0.4, -0.2) is 11.9 Å². The van der Waals surface area contributed by atoms with E-state index in [1.807, 2.05) is 0 Å². The molecule has 0 saturated heterocycles. The minimum absolute atomic E-state index is 0.278. The van der Waals surface area contributed by atoms with E-state index in [0.29, 0.717) is 11.1 Å². The zero-order valence-electron chi connectivity index (χ0n) is 12.1. The van der Waals surface area contributed by atoms with Crippen LogP contribution in [0.2, 0.25) is 0 Å². The molecule has 4 heteroatoms. The highest BCUT2D eigenvalue weighted by molar-refractivity contribution is 5.87. The summed E-state index contributed by atoms with van der Waals surface area (Å²) in [6.45, 7) is 3.40. The van der Waals surface area contributed by atoms with Crippen LogP contribution in [0.4, 0.5) is 8.78 Å². The third-order valence-electron chi connectivity index (χ3n) is 3.38. The number of amides is 1. The molecular weight excluding hydrogens is 284 g/mol. The van der Waals surface area contributed by atoms with Crippen LogP contribution in [0.5, 0.6) is 0 Å². The molecule has 2 aromatic rings. The summed E-state index contributed by atoms with van der Waals surface area (Å²) in [6, 6.07) is 12.3. The Kier molecular flexibility index (Phi) is 5.42. The monoisotopic (exact) mass is 301 g/mol. The van der Waals surface area contributed by atoms with Gasteiger partial charge in [0.2, 0.25) is 5.91 Å². The molecule has 0 aromatic heterocycles. The van der Waals surface area contributed by atoms with Crippen molar-refractivity contribution >= 4 is 5.91 Å². The number of hydrogen-bond donors (Lipinski definition) is 1. The van der Waals surface area contributed by atoms with Gasteiger partial charge in [-0.1, -0.05) is 43.0 Å². The minimum atomic E-state index is -0.417. The first-order valence-electron chi connectivity index (χ1n) is 7.00. The molecule has 0 aliphatic carbocycles. The van der Waals surface area contributed by atoms with Crippen molar-refractivity contribution in [3.05, 3.63) is 83.9 Å². The molecule has 0 atom stereocenters. The zero-order valence-corrected chi connectivity index (χ0v) is 12.1. The molecule has 22 heavy (non-hydrogen) atoms. The molecule has 0 fully saturated rings. The maximum Gasteiger partial charge on any atom is 0.243 e. The molecule has 2 aromatic carbocycles. The van der Waals surface area contributed by atoms with Crippen LogP contribution in [-0.2, 0) is 17.6 Å². The number of rotatable bonds is 6. The Hall–Kier alpha value is -2.49. The van der Waals surface area contributed by atoms with E-state index >= 15 is 0 Å². The van der Waals surface area contributed by atoms with Crippen LogP contribution < -0.4 is 5.32 Å². The lowest BCUT2D eigenvalue weighted by Gasteiger charge is -2.19. The summed E-state index contributed by atoms with van der Waals surface area (Å²) in [5.74, 6) is -1.04. The lowest BCUT2D eigenvalue weighted by molar-refractivity contribution is -0.117. The summed E-state index contributed by atoms with van der Waals surface area (Å²) in [6.07, 6.45) is 1.71. The highest BCUT2D eigenvalue weighted by Gasteiger charge is 2.16. The quantitative estimate of drug-likeness (QED) is 0.814. The average Bonchev–Trinajstić information content (AvgIpc) is 2.51. The van der Waals surface area contributed by atoms with Gasteiger partial charge in [0.1, 0.15) is 11.6 Å². The topological polar surface area (TPSA) is 29.1 Å². The second-order valence-electron chi connectivity index (χ2n) is 5.00. The van der Waals surface area contributed by atoms with Crippen molar-refractivity contribution in [1.82, 2.24) is 5.32 Å². The van der Waals surface area contributed by atoms with Gasteiger partial charge in [0.05, 0.1) is 0 Å². The van der Waals surface area contributed by atoms with Gasteiger partial charge in [-0.2, -0.15) is 0 Å². The van der Waals surface area contributed by atoms with Crippen molar-refractivity contribution < 1.29 is 13.6 Å². The normalized spacial score (nSPS) is 10.5. The largest absolute Gasteiger partial charge is 0.349 e. The van der Waals surface area contributed by atoms with Crippen LogP contribution in [0.15, 0.2) is 61.2 Å². The summed E-state index contributed by atoms with van der Waals surface area (Å²) < 4.78 is 27.6. The summed E-state index contributed by atoms with van der Waals surface area (Å²) in [4.78, 5) is 11.6. The molecule has 0 unspecified atom stereocenters. The summed E-state index contributed by atoms with van der Waals surface area (Å²) in [5.41, 5.74) is 0.960. The fourth-order valence-electron chi connectivity index (χ4n) is 2.29. The van der Waals surface area contributed by atoms with Crippen LogP contribution in [0.3, 0.4) is 0 Å². The van der Waals surface area contributed by atoms with Crippen molar-refractivity contribution in [3.8, 4) is 0 Å². The second-order valence-corrected chi connectivity index (χ2v) is 5.00. The number of nitrogens with one attached hydrogen (secondary N) is 1. The molecule has 114 valence electrons. The molecule has 0 aliphatic heterocycles. The number of halogens is 2. The number of hydrogen-bond acceptors (Lipinski definition) is 1. The Labute approximate surface area is 128 Å². The van der Waals surface area contributed by atoms with Gasteiger partial charge in [0.25, 0.3) is 0 Å². The molecule has 0 heterocycles. The Morgan fingerprint density at radius 1 is 1.00 bits per heavy atom. The van der Waals surface area contributed by atoms with E-state index < -0.39 is 6.04 Å². The van der Waals surface area contributed by atoms with E-state index in [4.69, 9.17) is 0 Å². The molecule has 0 saturated carbocycles. The third kappa shape index (κ3) is 4.25. The van der Waals surface area contributed by atoms with Crippen molar-refractivity contribution in [2.24, 2.45) is 0 Å². The molecule has 0 spiro atoms. The fourth-order valence-corrected chi connectivity index (χ4v) is 2.29. The van der Waals surface area contributed by atoms with E-state index in [-0.39, 0.29) is 30.4 Å². The van der Waals surface area contributed by atoms with Gasteiger partial charge >= 0.3 is 0 Å². The molecule has 0 radical (unpaired) electrons. The van der Waals surface area contributed by atoms with Gasteiger partial charge in [-0.05, 0) is 42.2 Å². The van der Waals surface area contributed by atoms with Gasteiger partial charge in [-0.3, -0.25) is 4.79 Å². The Balaban J connectivity index is 2.19. The highest BCUT2D eigenvalue weighted by Crippen LogP contribution is 2.14. The van der Waals surface area contributed by atoms with Gasteiger partial charge in [0.15, 0.2) is 0 Å². The number of benzene rings is 2. The maximum absolute atomic E-state index is 13.8. The first-order chi connectivity index (χ1) is 10.6. The smallest absolute Gasteiger partial charge is 0.243 e. The lowest BCUT2D eigenvalue weighted by atomic mass is 9.98. The molecule has 2 nitrogen and oxygen atoms in total. The van der Waals surface area contributed by atoms with Crippen LogP contribution >= 0.6 is 0 Å². The van der Waals surface area contributed by atoms with Gasteiger partial charge < -0.3 is 5.32 Å². The SMILES string of the molecule is C=CC(=O)NC(Cc1ccccc1F)Cc1ccccc1F. The van der Waals surface area contributed by atoms with Gasteiger partial charge in [-0.25, -0.2) is 8.78 Å². The standard InChI is InChI=1S/C18H17F2NO/c1-2-18(22)21-15(11-13-7-3-5-9-16(13)19)12-14-8-4-6-10-17(14)20/h2-10,15H,1,11-12H2,(H,21,22). The maximum atomic E-state index is 13.8. The van der Waals surface area contributed by atoms with Crippen molar-refractivity contribution in [2.45, 2.75) is 18.9 Å².